The molecule has 108 valence electrons. The van der Waals surface area contributed by atoms with Gasteiger partial charge in [-0.3, -0.25) is 0 Å². The van der Waals surface area contributed by atoms with Gasteiger partial charge >= 0.3 is 0 Å². The molecule has 6 heteroatoms. The number of rotatable bonds is 8. The molecule has 2 N–H and O–H groups in total. The van der Waals surface area contributed by atoms with Crippen LogP contribution in [0.4, 0.5) is 8.78 Å². The number of ether oxygens (including phenoxy) is 2. The average Bonchev–Trinajstić information content (AvgIpc) is 2.39. The molecule has 1 aromatic rings. The Morgan fingerprint density at radius 3 is 2.68 bits per heavy atom. The van der Waals surface area contributed by atoms with Gasteiger partial charge in [-0.25, -0.2) is 8.78 Å². The standard InChI is InChI=1S/C13H19F2NO3/c1-3-19-11-6-4-5-10(12(11)18-2)7-16-8-13(14,15)9-17/h4-6,16-17H,3,7-9H2,1-2H3. The van der Waals surface area contributed by atoms with Gasteiger partial charge in [0.15, 0.2) is 11.5 Å². The summed E-state index contributed by atoms with van der Waals surface area (Å²) in [5.41, 5.74) is 0.724. The fraction of sp³-hybridized carbons (Fsp3) is 0.538. The van der Waals surface area contributed by atoms with Gasteiger partial charge in [0, 0.05) is 12.1 Å². The third kappa shape index (κ3) is 4.65. The number of aliphatic hydroxyl groups is 1. The van der Waals surface area contributed by atoms with Crippen molar-refractivity contribution in [1.29, 1.82) is 0 Å². The van der Waals surface area contributed by atoms with Gasteiger partial charge in [0.25, 0.3) is 5.92 Å². The molecule has 0 radical (unpaired) electrons. The smallest absolute Gasteiger partial charge is 0.282 e. The van der Waals surface area contributed by atoms with Gasteiger partial charge < -0.3 is 19.9 Å². The Hall–Kier alpha value is -1.40. The number of alkyl halides is 2. The lowest BCUT2D eigenvalue weighted by atomic mass is 10.2. The predicted octanol–water partition coefficient (Wildman–Crippen LogP) is 1.81. The third-order valence-electron chi connectivity index (χ3n) is 2.49. The molecule has 1 rings (SSSR count). The van der Waals surface area contributed by atoms with Gasteiger partial charge in [-0.1, -0.05) is 12.1 Å². The summed E-state index contributed by atoms with van der Waals surface area (Å²) in [5.74, 6) is -2.01. The molecule has 0 amide bonds. The number of para-hydroxylation sites is 1. The molecule has 0 aliphatic rings. The highest BCUT2D eigenvalue weighted by Crippen LogP contribution is 2.31. The van der Waals surface area contributed by atoms with Crippen LogP contribution in [0, 0.1) is 0 Å². The van der Waals surface area contributed by atoms with Crippen LogP contribution in [0.15, 0.2) is 18.2 Å². The van der Waals surface area contributed by atoms with Crippen molar-refractivity contribution in [3.63, 3.8) is 0 Å². The lowest BCUT2D eigenvalue weighted by Gasteiger charge is -2.16. The summed E-state index contributed by atoms with van der Waals surface area (Å²) in [4.78, 5) is 0. The van der Waals surface area contributed by atoms with Crippen molar-refractivity contribution in [2.45, 2.75) is 19.4 Å². The van der Waals surface area contributed by atoms with Gasteiger partial charge in [-0.05, 0) is 13.0 Å². The normalized spacial score (nSPS) is 11.4. The van der Waals surface area contributed by atoms with Crippen molar-refractivity contribution in [2.24, 2.45) is 0 Å². The fourth-order valence-corrected chi connectivity index (χ4v) is 1.64. The Morgan fingerprint density at radius 1 is 1.37 bits per heavy atom. The first-order valence-electron chi connectivity index (χ1n) is 6.02. The van der Waals surface area contributed by atoms with Crippen LogP contribution in [0.5, 0.6) is 11.5 Å². The van der Waals surface area contributed by atoms with Crippen molar-refractivity contribution >= 4 is 0 Å². The zero-order valence-electron chi connectivity index (χ0n) is 11.1. The van der Waals surface area contributed by atoms with Crippen LogP contribution in [-0.4, -0.2) is 37.9 Å². The first-order valence-corrected chi connectivity index (χ1v) is 6.02. The van der Waals surface area contributed by atoms with E-state index < -0.39 is 19.1 Å². The van der Waals surface area contributed by atoms with E-state index >= 15 is 0 Å². The van der Waals surface area contributed by atoms with Crippen molar-refractivity contribution in [1.82, 2.24) is 5.32 Å². The van der Waals surface area contributed by atoms with Crippen molar-refractivity contribution in [3.8, 4) is 11.5 Å². The summed E-state index contributed by atoms with van der Waals surface area (Å²) in [7, 11) is 1.50. The molecule has 0 spiro atoms. The Balaban J connectivity index is 2.70. The van der Waals surface area contributed by atoms with Crippen molar-refractivity contribution in [3.05, 3.63) is 23.8 Å². The topological polar surface area (TPSA) is 50.7 Å². The molecule has 0 saturated carbocycles. The number of halogens is 2. The van der Waals surface area contributed by atoms with E-state index in [2.05, 4.69) is 5.32 Å². The SMILES string of the molecule is CCOc1cccc(CNCC(F)(F)CO)c1OC. The molecule has 0 aliphatic carbocycles. The predicted molar refractivity (Wildman–Crippen MR) is 67.9 cm³/mol. The molecule has 0 bridgehead atoms. The highest BCUT2D eigenvalue weighted by atomic mass is 19.3. The first-order chi connectivity index (χ1) is 9.04. The maximum Gasteiger partial charge on any atom is 0.282 e. The average molecular weight is 275 g/mol. The van der Waals surface area contributed by atoms with Gasteiger partial charge in [-0.2, -0.15) is 0 Å². The van der Waals surface area contributed by atoms with Crippen LogP contribution >= 0.6 is 0 Å². The Kier molecular flexibility index (Phi) is 5.98. The molecule has 0 aliphatic heterocycles. The van der Waals surface area contributed by atoms with E-state index in [1.54, 1.807) is 18.2 Å². The Bertz CT molecular complexity index is 399. The van der Waals surface area contributed by atoms with Crippen LogP contribution < -0.4 is 14.8 Å². The Labute approximate surface area is 111 Å². The maximum atomic E-state index is 12.9. The molecular weight excluding hydrogens is 256 g/mol. The zero-order valence-corrected chi connectivity index (χ0v) is 11.1. The van der Waals surface area contributed by atoms with Crippen LogP contribution in [0.25, 0.3) is 0 Å². The number of methoxy groups -OCH3 is 1. The minimum atomic E-state index is -3.12. The van der Waals surface area contributed by atoms with Gasteiger partial charge in [-0.15, -0.1) is 0 Å². The molecule has 0 atom stereocenters. The van der Waals surface area contributed by atoms with Gasteiger partial charge in [0.2, 0.25) is 0 Å². The quantitative estimate of drug-likeness (QED) is 0.759. The third-order valence-corrected chi connectivity index (χ3v) is 2.49. The number of hydrogen-bond donors (Lipinski definition) is 2. The summed E-state index contributed by atoms with van der Waals surface area (Å²) in [6, 6.07) is 5.30. The highest BCUT2D eigenvalue weighted by Gasteiger charge is 2.27. The monoisotopic (exact) mass is 275 g/mol. The number of hydrogen-bond acceptors (Lipinski definition) is 4. The second-order valence-electron chi connectivity index (χ2n) is 4.00. The van der Waals surface area contributed by atoms with Crippen LogP contribution in [0.3, 0.4) is 0 Å². The maximum absolute atomic E-state index is 12.9. The molecule has 19 heavy (non-hydrogen) atoms. The molecule has 4 nitrogen and oxygen atoms in total. The summed E-state index contributed by atoms with van der Waals surface area (Å²) in [6.45, 7) is 0.795. The number of benzene rings is 1. The summed E-state index contributed by atoms with van der Waals surface area (Å²) >= 11 is 0. The van der Waals surface area contributed by atoms with Crippen molar-refractivity contribution in [2.75, 3.05) is 26.9 Å². The minimum Gasteiger partial charge on any atom is -0.493 e. The van der Waals surface area contributed by atoms with E-state index in [0.717, 1.165) is 5.56 Å². The van der Waals surface area contributed by atoms with E-state index in [-0.39, 0.29) is 6.54 Å². The molecule has 1 aromatic carbocycles. The van der Waals surface area contributed by atoms with Gasteiger partial charge in [0.05, 0.1) is 20.3 Å². The van der Waals surface area contributed by atoms with Crippen LogP contribution in [0.1, 0.15) is 12.5 Å². The molecule has 0 heterocycles. The zero-order chi connectivity index (χ0) is 14.3. The summed E-state index contributed by atoms with van der Waals surface area (Å²) in [6.07, 6.45) is 0. The van der Waals surface area contributed by atoms with E-state index in [4.69, 9.17) is 14.6 Å². The lowest BCUT2D eigenvalue weighted by molar-refractivity contribution is -0.0478. The molecule has 0 saturated heterocycles. The largest absolute Gasteiger partial charge is 0.493 e. The van der Waals surface area contributed by atoms with Gasteiger partial charge in [0.1, 0.15) is 6.61 Å². The lowest BCUT2D eigenvalue weighted by Crippen LogP contribution is -2.35. The van der Waals surface area contributed by atoms with E-state index in [1.165, 1.54) is 7.11 Å². The first kappa shape index (κ1) is 15.7. The molecule has 0 fully saturated rings. The van der Waals surface area contributed by atoms with E-state index in [1.807, 2.05) is 6.92 Å². The molecule has 0 aromatic heterocycles. The van der Waals surface area contributed by atoms with Crippen LogP contribution in [0.2, 0.25) is 0 Å². The number of aliphatic hydroxyl groups excluding tert-OH is 1. The summed E-state index contributed by atoms with van der Waals surface area (Å²) < 4.78 is 36.4. The second kappa shape index (κ2) is 7.25. The second-order valence-corrected chi connectivity index (χ2v) is 4.00. The molecule has 0 unspecified atom stereocenters. The summed E-state index contributed by atoms with van der Waals surface area (Å²) in [5, 5.41) is 11.1. The molecular formula is C13H19F2NO3. The number of nitrogens with one attached hydrogen (secondary N) is 1. The highest BCUT2D eigenvalue weighted by molar-refractivity contribution is 5.46. The Morgan fingerprint density at radius 2 is 2.11 bits per heavy atom. The minimum absolute atomic E-state index is 0.208. The van der Waals surface area contributed by atoms with E-state index in [9.17, 15) is 8.78 Å². The van der Waals surface area contributed by atoms with E-state index in [0.29, 0.717) is 18.1 Å². The fourth-order valence-electron chi connectivity index (χ4n) is 1.64. The van der Waals surface area contributed by atoms with Crippen molar-refractivity contribution < 1.29 is 23.4 Å². The van der Waals surface area contributed by atoms with Crippen LogP contribution in [-0.2, 0) is 6.54 Å².